The van der Waals surface area contributed by atoms with Crippen LogP contribution in [0.15, 0.2) is 42.5 Å². The highest BCUT2D eigenvalue weighted by Crippen LogP contribution is 2.37. The van der Waals surface area contributed by atoms with Crippen molar-refractivity contribution in [1.82, 2.24) is 0 Å². The van der Waals surface area contributed by atoms with Gasteiger partial charge >= 0.3 is 8.56 Å². The number of hydrogen-bond acceptors (Lipinski definition) is 3. The molecule has 1 aromatic rings. The highest BCUT2D eigenvalue weighted by molar-refractivity contribution is 6.64. The first-order valence-electron chi connectivity index (χ1n) is 11.5. The maximum atomic E-state index is 6.76. The van der Waals surface area contributed by atoms with E-state index in [1.807, 2.05) is 6.07 Å². The molecular weight excluding hydrogens is 376 g/mol. The molecule has 0 radical (unpaired) electrons. The Kier molecular flexibility index (Phi) is 8.14. The Morgan fingerprint density at radius 1 is 1.03 bits per heavy atom. The summed E-state index contributed by atoms with van der Waals surface area (Å²) in [6.45, 7) is 12.9. The summed E-state index contributed by atoms with van der Waals surface area (Å²) < 4.78 is 19.4. The first-order chi connectivity index (χ1) is 13.8. The van der Waals surface area contributed by atoms with Crippen molar-refractivity contribution in [2.24, 2.45) is 23.7 Å². The zero-order valence-corrected chi connectivity index (χ0v) is 20.0. The Bertz CT molecular complexity index is 643. The van der Waals surface area contributed by atoms with Crippen molar-refractivity contribution in [3.05, 3.63) is 48.0 Å². The summed E-state index contributed by atoms with van der Waals surface area (Å²) in [4.78, 5) is 0. The van der Waals surface area contributed by atoms with E-state index >= 15 is 0 Å². The van der Waals surface area contributed by atoms with Gasteiger partial charge in [0.15, 0.2) is 0 Å². The van der Waals surface area contributed by atoms with Crippen molar-refractivity contribution >= 4 is 8.56 Å². The average Bonchev–Trinajstić information content (AvgIpc) is 3.08. The van der Waals surface area contributed by atoms with Crippen LogP contribution in [0.25, 0.3) is 0 Å². The zero-order valence-electron chi connectivity index (χ0n) is 19.0. The van der Waals surface area contributed by atoms with Gasteiger partial charge < -0.3 is 13.6 Å². The van der Waals surface area contributed by atoms with E-state index in [2.05, 4.69) is 70.3 Å². The minimum Gasteiger partial charge on any atom is -0.391 e. The van der Waals surface area contributed by atoms with Crippen molar-refractivity contribution in [2.45, 2.75) is 78.4 Å². The maximum absolute atomic E-state index is 6.76. The standard InChI is InChI=1S/C25H40O3Si/c1-19(2)23-15-14-20(3)16-25(23)28-29(4,5)27-24-13-9-12-22(24)18-26-17-21-10-7-6-8-11-21/h6-12,19-20,22-25H,13-18H2,1-5H3/t20-,22+,23+,24-,25-/m1/s1. The van der Waals surface area contributed by atoms with E-state index in [-0.39, 0.29) is 6.10 Å². The van der Waals surface area contributed by atoms with Crippen LogP contribution >= 0.6 is 0 Å². The van der Waals surface area contributed by atoms with Gasteiger partial charge in [-0.1, -0.05) is 69.7 Å². The first kappa shape index (κ1) is 22.7. The molecular formula is C25H40O3Si. The molecule has 1 saturated carbocycles. The topological polar surface area (TPSA) is 27.7 Å². The molecule has 1 fully saturated rings. The minimum atomic E-state index is -2.21. The van der Waals surface area contributed by atoms with E-state index in [0.29, 0.717) is 37.1 Å². The molecule has 4 heteroatoms. The zero-order chi connectivity index (χ0) is 20.9. The van der Waals surface area contributed by atoms with Crippen molar-refractivity contribution in [2.75, 3.05) is 6.61 Å². The number of benzene rings is 1. The van der Waals surface area contributed by atoms with Gasteiger partial charge in [0.05, 0.1) is 25.4 Å². The first-order valence-corrected chi connectivity index (χ1v) is 14.3. The van der Waals surface area contributed by atoms with Crippen molar-refractivity contribution in [3.63, 3.8) is 0 Å². The number of rotatable bonds is 9. The van der Waals surface area contributed by atoms with Gasteiger partial charge in [-0.2, -0.15) is 0 Å². The lowest BCUT2D eigenvalue weighted by Gasteiger charge is -2.41. The molecule has 0 aliphatic heterocycles. The maximum Gasteiger partial charge on any atom is 0.332 e. The van der Waals surface area contributed by atoms with Gasteiger partial charge in [-0.05, 0) is 55.7 Å². The van der Waals surface area contributed by atoms with Gasteiger partial charge in [0.1, 0.15) is 0 Å². The van der Waals surface area contributed by atoms with Gasteiger partial charge in [-0.3, -0.25) is 0 Å². The Hall–Kier alpha value is -0.943. The Balaban J connectivity index is 1.51. The Labute approximate surface area is 179 Å². The third kappa shape index (κ3) is 6.78. The summed E-state index contributed by atoms with van der Waals surface area (Å²) >= 11 is 0. The van der Waals surface area contributed by atoms with E-state index < -0.39 is 8.56 Å². The summed E-state index contributed by atoms with van der Waals surface area (Å²) in [5.74, 6) is 2.41. The summed E-state index contributed by atoms with van der Waals surface area (Å²) in [6, 6.07) is 10.4. The van der Waals surface area contributed by atoms with Crippen LogP contribution in [-0.4, -0.2) is 27.4 Å². The molecule has 0 saturated heterocycles. The smallest absolute Gasteiger partial charge is 0.332 e. The van der Waals surface area contributed by atoms with Crippen LogP contribution in [0, 0.1) is 23.7 Å². The molecule has 2 aliphatic rings. The second-order valence-corrected chi connectivity index (χ2v) is 13.1. The van der Waals surface area contributed by atoms with E-state index in [9.17, 15) is 0 Å². The quantitative estimate of drug-likeness (QED) is 0.347. The molecule has 29 heavy (non-hydrogen) atoms. The third-order valence-corrected chi connectivity index (χ3v) is 8.22. The van der Waals surface area contributed by atoms with Crippen LogP contribution in [-0.2, 0) is 20.2 Å². The van der Waals surface area contributed by atoms with Crippen LogP contribution in [0.5, 0.6) is 0 Å². The van der Waals surface area contributed by atoms with E-state index in [1.54, 1.807) is 0 Å². The fourth-order valence-electron chi connectivity index (χ4n) is 4.88. The van der Waals surface area contributed by atoms with Gasteiger partial charge in [0.25, 0.3) is 0 Å². The van der Waals surface area contributed by atoms with E-state index in [4.69, 9.17) is 13.6 Å². The SMILES string of the molecule is CC(C)[C@@H]1CC[C@@H](C)C[C@H]1O[Si](C)(C)O[C@@H]1CC=C[C@H]1COCc1ccccc1. The van der Waals surface area contributed by atoms with Gasteiger partial charge in [-0.25, -0.2) is 0 Å². The fraction of sp³-hybridized carbons (Fsp3) is 0.680. The molecule has 0 heterocycles. The molecule has 3 nitrogen and oxygen atoms in total. The molecule has 0 bridgehead atoms. The molecule has 3 rings (SSSR count). The summed E-state index contributed by atoms with van der Waals surface area (Å²) in [5, 5.41) is 0. The summed E-state index contributed by atoms with van der Waals surface area (Å²) in [7, 11) is -2.21. The fourth-order valence-corrected chi connectivity index (χ4v) is 6.93. The van der Waals surface area contributed by atoms with E-state index in [0.717, 1.165) is 12.3 Å². The highest BCUT2D eigenvalue weighted by atomic mass is 28.4. The summed E-state index contributed by atoms with van der Waals surface area (Å²) in [5.41, 5.74) is 1.22. The molecule has 162 valence electrons. The lowest BCUT2D eigenvalue weighted by atomic mass is 9.75. The largest absolute Gasteiger partial charge is 0.391 e. The molecule has 2 aliphatic carbocycles. The second-order valence-electron chi connectivity index (χ2n) is 9.87. The minimum absolute atomic E-state index is 0.186. The van der Waals surface area contributed by atoms with Crippen molar-refractivity contribution in [3.8, 4) is 0 Å². The predicted molar refractivity (Wildman–Crippen MR) is 122 cm³/mol. The molecule has 5 atom stereocenters. The molecule has 0 N–H and O–H groups in total. The number of hydrogen-bond donors (Lipinski definition) is 0. The highest BCUT2D eigenvalue weighted by Gasteiger charge is 2.40. The number of ether oxygens (including phenoxy) is 1. The van der Waals surface area contributed by atoms with Gasteiger partial charge in [0, 0.05) is 5.92 Å². The molecule has 0 spiro atoms. The van der Waals surface area contributed by atoms with E-state index in [1.165, 1.54) is 24.8 Å². The van der Waals surface area contributed by atoms with Crippen LogP contribution in [0.2, 0.25) is 13.1 Å². The summed E-state index contributed by atoms with van der Waals surface area (Å²) in [6.07, 6.45) is 9.80. The van der Waals surface area contributed by atoms with Gasteiger partial charge in [0.2, 0.25) is 0 Å². The molecule has 0 aromatic heterocycles. The van der Waals surface area contributed by atoms with Crippen LogP contribution in [0.1, 0.15) is 52.0 Å². The lowest BCUT2D eigenvalue weighted by molar-refractivity contribution is -0.00700. The average molecular weight is 417 g/mol. The lowest BCUT2D eigenvalue weighted by Crippen LogP contribution is -2.47. The van der Waals surface area contributed by atoms with Crippen LogP contribution < -0.4 is 0 Å². The molecule has 0 unspecified atom stereocenters. The Morgan fingerprint density at radius 2 is 1.76 bits per heavy atom. The Morgan fingerprint density at radius 3 is 2.48 bits per heavy atom. The molecule has 0 amide bonds. The van der Waals surface area contributed by atoms with Crippen molar-refractivity contribution in [1.29, 1.82) is 0 Å². The third-order valence-electron chi connectivity index (χ3n) is 6.48. The second kappa shape index (κ2) is 10.4. The predicted octanol–water partition coefficient (Wildman–Crippen LogP) is 6.34. The van der Waals surface area contributed by atoms with Crippen LogP contribution in [0.4, 0.5) is 0 Å². The van der Waals surface area contributed by atoms with Gasteiger partial charge in [-0.15, -0.1) is 0 Å². The van der Waals surface area contributed by atoms with Crippen LogP contribution in [0.3, 0.4) is 0 Å². The van der Waals surface area contributed by atoms with Crippen molar-refractivity contribution < 1.29 is 13.6 Å². The monoisotopic (exact) mass is 416 g/mol. The normalized spacial score (nSPS) is 30.2. The molecule has 1 aromatic carbocycles.